The van der Waals surface area contributed by atoms with Gasteiger partial charge in [0.05, 0.1) is 19.8 Å². The molecule has 0 unspecified atom stereocenters. The molecule has 2 aromatic carbocycles. The lowest BCUT2D eigenvalue weighted by Gasteiger charge is -2.03. The normalized spacial score (nSPS) is 11.8. The maximum Gasteiger partial charge on any atom is 0.0659 e. The summed E-state index contributed by atoms with van der Waals surface area (Å²) in [5, 5.41) is 0. The van der Waals surface area contributed by atoms with E-state index in [2.05, 4.69) is 85.5 Å². The lowest BCUT2D eigenvalue weighted by Crippen LogP contribution is -1.80. The molecule has 2 heterocycles. The van der Waals surface area contributed by atoms with E-state index in [1.54, 1.807) is 22.7 Å². The Hall–Kier alpha value is -2.12. The van der Waals surface area contributed by atoms with Gasteiger partial charge in [0.25, 0.3) is 0 Å². The summed E-state index contributed by atoms with van der Waals surface area (Å²) < 4.78 is 2.03. The first-order valence-corrected chi connectivity index (χ1v) is 13.0. The molecule has 0 bridgehead atoms. The second kappa shape index (κ2) is 10.7. The Kier molecular flexibility index (Phi) is 7.68. The molecule has 0 radical (unpaired) electrons. The zero-order valence-corrected chi connectivity index (χ0v) is 21.4. The van der Waals surface area contributed by atoms with Crippen LogP contribution in [0.25, 0.3) is 11.1 Å². The molecule has 0 fully saturated rings. The third kappa shape index (κ3) is 5.62. The minimum absolute atomic E-state index is 0.928. The van der Waals surface area contributed by atoms with Gasteiger partial charge in [-0.25, -0.2) is 0 Å². The van der Waals surface area contributed by atoms with Gasteiger partial charge in [-0.15, -0.1) is 47.9 Å². The Morgan fingerprint density at radius 2 is 1.03 bits per heavy atom. The van der Waals surface area contributed by atoms with Crippen molar-refractivity contribution in [3.8, 4) is 11.1 Å². The summed E-state index contributed by atoms with van der Waals surface area (Å²) in [4.78, 5) is 11.9. The van der Waals surface area contributed by atoms with Crippen LogP contribution < -0.4 is 0 Å². The van der Waals surface area contributed by atoms with E-state index in [1.807, 2.05) is 36.7 Å². The lowest BCUT2D eigenvalue weighted by molar-refractivity contribution is 1.19. The largest absolute Gasteiger partial charge is 0.256 e. The van der Waals surface area contributed by atoms with Gasteiger partial charge < -0.3 is 0 Å². The van der Waals surface area contributed by atoms with Gasteiger partial charge in [0.1, 0.15) is 0 Å². The van der Waals surface area contributed by atoms with E-state index < -0.39 is 0 Å². The Bertz CT molecular complexity index is 1150. The maximum absolute atomic E-state index is 4.61. The van der Waals surface area contributed by atoms with E-state index in [4.69, 9.17) is 0 Å². The highest BCUT2D eigenvalue weighted by Crippen LogP contribution is 2.28. The van der Waals surface area contributed by atoms with Gasteiger partial charge in [0, 0.05) is 33.3 Å². The van der Waals surface area contributed by atoms with Gasteiger partial charge in [0.2, 0.25) is 0 Å². The van der Waals surface area contributed by atoms with Crippen LogP contribution in [0, 0.1) is 0 Å². The molecule has 4 aromatic rings. The predicted octanol–water partition coefficient (Wildman–Crippen LogP) is 8.68. The highest BCUT2D eigenvalue weighted by atomic mass is 32.2. The number of hydrogen-bond donors (Lipinski definition) is 2. The zero-order valence-electron chi connectivity index (χ0n) is 17.9. The van der Waals surface area contributed by atoms with Crippen LogP contribution in [-0.2, 0) is 12.8 Å². The van der Waals surface area contributed by atoms with E-state index >= 15 is 0 Å². The van der Waals surface area contributed by atoms with Crippen molar-refractivity contribution in [3.05, 3.63) is 81.5 Å². The first kappa shape index (κ1) is 23.1. The number of aryl methyl sites for hydroxylation is 2. The molecule has 162 valence electrons. The Morgan fingerprint density at radius 1 is 0.656 bits per heavy atom. The highest BCUT2D eigenvalue weighted by Gasteiger charge is 2.04. The van der Waals surface area contributed by atoms with Crippen LogP contribution in [0.15, 0.2) is 79.1 Å². The van der Waals surface area contributed by atoms with Crippen molar-refractivity contribution in [2.45, 2.75) is 35.1 Å². The Balaban J connectivity index is 1.43. The number of benzene rings is 2. The minimum atomic E-state index is 0.928. The molecule has 0 atom stereocenters. The molecule has 0 amide bonds. The summed E-state index contributed by atoms with van der Waals surface area (Å²) in [7, 11) is 0. The molecule has 2 aromatic heterocycles. The predicted molar refractivity (Wildman–Crippen MR) is 148 cm³/mol. The van der Waals surface area contributed by atoms with E-state index in [0.717, 1.165) is 54.9 Å². The molecular weight excluding hydrogens is 469 g/mol. The van der Waals surface area contributed by atoms with Crippen LogP contribution in [0.1, 0.15) is 34.7 Å². The lowest BCUT2D eigenvalue weighted by atomic mass is 10.1. The van der Waals surface area contributed by atoms with Gasteiger partial charge in [-0.05, 0) is 60.4 Å². The molecule has 0 N–H and O–H groups in total. The standard InChI is InChI=1S/C26H24N2S4/c1-3-23-13-19(25(29)31-23)15-27-21-9-5-17(6-10-21)18-7-11-22(12-8-18)28-16-20-14-24(4-2)32-26(20)30/h5-16,29-30H,3-4H2,1-2H3. The maximum atomic E-state index is 4.61. The van der Waals surface area contributed by atoms with Gasteiger partial charge in [0.15, 0.2) is 0 Å². The third-order valence-corrected chi connectivity index (χ3v) is 8.31. The summed E-state index contributed by atoms with van der Waals surface area (Å²) in [6.07, 6.45) is 5.84. The summed E-state index contributed by atoms with van der Waals surface area (Å²) in [6.45, 7) is 4.31. The average Bonchev–Trinajstić information content (AvgIpc) is 3.38. The summed E-state index contributed by atoms with van der Waals surface area (Å²) in [5.41, 5.74) is 6.32. The van der Waals surface area contributed by atoms with E-state index in [1.165, 1.54) is 9.75 Å². The summed E-state index contributed by atoms with van der Waals surface area (Å²) in [5.74, 6) is 0. The summed E-state index contributed by atoms with van der Waals surface area (Å²) in [6, 6.07) is 20.9. The van der Waals surface area contributed by atoms with Crippen molar-refractivity contribution in [1.29, 1.82) is 0 Å². The number of hydrogen-bond acceptors (Lipinski definition) is 6. The topological polar surface area (TPSA) is 24.7 Å². The third-order valence-electron chi connectivity index (χ3n) is 5.05. The van der Waals surface area contributed by atoms with E-state index in [-0.39, 0.29) is 0 Å². The van der Waals surface area contributed by atoms with Crippen LogP contribution in [-0.4, -0.2) is 12.4 Å². The quantitative estimate of drug-likeness (QED) is 0.190. The summed E-state index contributed by atoms with van der Waals surface area (Å²) >= 11 is 12.5. The number of thiophene rings is 2. The molecule has 4 rings (SSSR count). The molecule has 0 aliphatic carbocycles. The zero-order chi connectivity index (χ0) is 22.5. The van der Waals surface area contributed by atoms with Crippen molar-refractivity contribution in [2.75, 3.05) is 0 Å². The van der Waals surface area contributed by atoms with Gasteiger partial charge in [-0.2, -0.15) is 0 Å². The van der Waals surface area contributed by atoms with E-state index in [9.17, 15) is 0 Å². The van der Waals surface area contributed by atoms with Crippen LogP contribution in [0.3, 0.4) is 0 Å². The first-order chi connectivity index (χ1) is 15.6. The van der Waals surface area contributed by atoms with Gasteiger partial charge >= 0.3 is 0 Å². The molecule has 0 saturated carbocycles. The van der Waals surface area contributed by atoms with Crippen LogP contribution >= 0.6 is 47.9 Å². The smallest absolute Gasteiger partial charge is 0.0659 e. The van der Waals surface area contributed by atoms with Gasteiger partial charge in [-0.1, -0.05) is 38.1 Å². The number of thiol groups is 2. The molecule has 32 heavy (non-hydrogen) atoms. The molecule has 0 aliphatic heterocycles. The highest BCUT2D eigenvalue weighted by molar-refractivity contribution is 7.83. The minimum Gasteiger partial charge on any atom is -0.256 e. The molecule has 2 nitrogen and oxygen atoms in total. The number of nitrogens with zero attached hydrogens (tertiary/aromatic N) is 2. The second-order valence-corrected chi connectivity index (χ2v) is 11.0. The molecule has 0 aliphatic rings. The van der Waals surface area contributed by atoms with Gasteiger partial charge in [-0.3, -0.25) is 9.98 Å². The van der Waals surface area contributed by atoms with E-state index in [0.29, 0.717) is 0 Å². The molecular formula is C26H24N2S4. The van der Waals surface area contributed by atoms with Crippen molar-refractivity contribution < 1.29 is 0 Å². The van der Waals surface area contributed by atoms with Crippen LogP contribution in [0.2, 0.25) is 0 Å². The monoisotopic (exact) mass is 492 g/mol. The number of aliphatic imine (C=N–C) groups is 2. The van der Waals surface area contributed by atoms with Crippen LogP contribution in [0.4, 0.5) is 11.4 Å². The van der Waals surface area contributed by atoms with Crippen LogP contribution in [0.5, 0.6) is 0 Å². The number of rotatable bonds is 7. The van der Waals surface area contributed by atoms with Crippen molar-refractivity contribution >= 4 is 71.7 Å². The fourth-order valence-corrected chi connectivity index (χ4v) is 5.76. The fourth-order valence-electron chi connectivity index (χ4n) is 3.20. The molecule has 0 spiro atoms. The Morgan fingerprint density at radius 3 is 1.34 bits per heavy atom. The molecule has 6 heteroatoms. The fraction of sp³-hybridized carbons (Fsp3) is 0.154. The van der Waals surface area contributed by atoms with Crippen molar-refractivity contribution in [3.63, 3.8) is 0 Å². The second-order valence-electron chi connectivity index (χ2n) is 7.26. The molecule has 0 saturated heterocycles. The average molecular weight is 493 g/mol. The van der Waals surface area contributed by atoms with Crippen molar-refractivity contribution in [2.24, 2.45) is 9.98 Å². The Labute approximate surface area is 208 Å². The first-order valence-electron chi connectivity index (χ1n) is 10.5. The SMILES string of the molecule is CCc1cc(C=Nc2ccc(-c3ccc(N=Cc4cc(CC)sc4S)cc3)cc2)c(S)s1. The van der Waals surface area contributed by atoms with Crippen molar-refractivity contribution in [1.82, 2.24) is 0 Å².